The van der Waals surface area contributed by atoms with Gasteiger partial charge >= 0.3 is 5.76 Å². The van der Waals surface area contributed by atoms with Crippen molar-refractivity contribution in [2.24, 2.45) is 5.92 Å². The Hall–Kier alpha value is -3.01. The molecule has 1 aliphatic heterocycles. The Balaban J connectivity index is 1.43. The molecule has 0 atom stereocenters. The summed E-state index contributed by atoms with van der Waals surface area (Å²) in [5.41, 5.74) is 1.30. The number of hydrogen-bond acceptors (Lipinski definition) is 6. The second kappa shape index (κ2) is 8.02. The average Bonchev–Trinajstić information content (AvgIpc) is 3.18. The smallest absolute Gasteiger partial charge is 0.341 e. The van der Waals surface area contributed by atoms with Crippen LogP contribution in [0.25, 0.3) is 11.1 Å². The summed E-state index contributed by atoms with van der Waals surface area (Å²) in [5.74, 6) is -4.34. The van der Waals surface area contributed by atoms with E-state index >= 15 is 0 Å². The SMILES string of the molecule is O=C(Nc1ccccc1S(=O)(=O)C(F)F)C1CCN(c2nc3ccccc3o2)CC1. The number of piperidine rings is 1. The normalized spacial score (nSPS) is 15.6. The fraction of sp³-hybridized carbons (Fsp3) is 0.300. The van der Waals surface area contributed by atoms with E-state index in [2.05, 4.69) is 10.3 Å². The van der Waals surface area contributed by atoms with Gasteiger partial charge in [0.1, 0.15) is 5.52 Å². The van der Waals surface area contributed by atoms with E-state index in [0.29, 0.717) is 37.5 Å². The van der Waals surface area contributed by atoms with Crippen molar-refractivity contribution in [3.63, 3.8) is 0 Å². The van der Waals surface area contributed by atoms with E-state index in [1.807, 2.05) is 29.2 Å². The first-order chi connectivity index (χ1) is 14.4. The van der Waals surface area contributed by atoms with Crippen molar-refractivity contribution < 1.29 is 26.4 Å². The van der Waals surface area contributed by atoms with E-state index < -0.39 is 26.4 Å². The van der Waals surface area contributed by atoms with Crippen molar-refractivity contribution in [3.05, 3.63) is 48.5 Å². The summed E-state index contributed by atoms with van der Waals surface area (Å²) in [6, 6.07) is 13.1. The third kappa shape index (κ3) is 3.87. The highest BCUT2D eigenvalue weighted by atomic mass is 32.2. The number of para-hydroxylation sites is 3. The van der Waals surface area contributed by atoms with Gasteiger partial charge in [-0.05, 0) is 37.1 Å². The van der Waals surface area contributed by atoms with E-state index in [9.17, 15) is 22.0 Å². The summed E-state index contributed by atoms with van der Waals surface area (Å²) >= 11 is 0. The molecule has 1 N–H and O–H groups in total. The maximum Gasteiger partial charge on any atom is 0.341 e. The van der Waals surface area contributed by atoms with Crippen molar-refractivity contribution in [2.75, 3.05) is 23.3 Å². The minimum atomic E-state index is -4.82. The molecule has 7 nitrogen and oxygen atoms in total. The van der Waals surface area contributed by atoms with Gasteiger partial charge in [0.05, 0.1) is 10.6 Å². The van der Waals surface area contributed by atoms with Gasteiger partial charge in [-0.15, -0.1) is 0 Å². The molecule has 2 heterocycles. The van der Waals surface area contributed by atoms with Crippen LogP contribution in [0.15, 0.2) is 57.8 Å². The van der Waals surface area contributed by atoms with Crippen LogP contribution in [0.5, 0.6) is 0 Å². The van der Waals surface area contributed by atoms with Gasteiger partial charge in [0.25, 0.3) is 6.01 Å². The summed E-state index contributed by atoms with van der Waals surface area (Å²) in [5, 5.41) is 2.51. The lowest BCUT2D eigenvalue weighted by Gasteiger charge is -2.30. The van der Waals surface area contributed by atoms with Gasteiger partial charge in [0.15, 0.2) is 5.58 Å². The second-order valence-electron chi connectivity index (χ2n) is 7.02. The monoisotopic (exact) mass is 435 g/mol. The van der Waals surface area contributed by atoms with Crippen molar-refractivity contribution in [1.82, 2.24) is 4.98 Å². The standard InChI is InChI=1S/C20H19F2N3O4S/c21-19(22)30(27,28)17-8-4-2-6-15(17)23-18(26)13-9-11-25(12-10-13)20-24-14-5-1-3-7-16(14)29-20/h1-8,13,19H,9-12H2,(H,23,26). The number of sulfone groups is 1. The van der Waals surface area contributed by atoms with Crippen LogP contribution in [-0.4, -0.2) is 38.2 Å². The maximum absolute atomic E-state index is 12.9. The Labute approximate surface area is 171 Å². The largest absolute Gasteiger partial charge is 0.423 e. The van der Waals surface area contributed by atoms with Crippen molar-refractivity contribution >= 4 is 38.5 Å². The number of aromatic nitrogens is 1. The van der Waals surface area contributed by atoms with Crippen LogP contribution in [0.2, 0.25) is 0 Å². The molecule has 0 unspecified atom stereocenters. The van der Waals surface area contributed by atoms with Crippen LogP contribution in [0.1, 0.15) is 12.8 Å². The third-order valence-corrected chi connectivity index (χ3v) is 6.54. The number of rotatable bonds is 5. The molecule has 0 spiro atoms. The molecule has 0 aliphatic carbocycles. The minimum absolute atomic E-state index is 0.135. The van der Waals surface area contributed by atoms with Gasteiger partial charge in [-0.1, -0.05) is 24.3 Å². The van der Waals surface area contributed by atoms with Crippen molar-refractivity contribution in [1.29, 1.82) is 0 Å². The quantitative estimate of drug-likeness (QED) is 0.657. The molecular formula is C20H19F2N3O4S. The number of carbonyl (C=O) groups excluding carboxylic acids is 1. The summed E-state index contributed by atoms with van der Waals surface area (Å²) in [4.78, 5) is 18.5. The number of oxazole rings is 1. The molecular weight excluding hydrogens is 416 g/mol. The number of anilines is 2. The fourth-order valence-electron chi connectivity index (χ4n) is 3.48. The number of alkyl halides is 2. The topological polar surface area (TPSA) is 92.5 Å². The van der Waals surface area contributed by atoms with E-state index in [1.165, 1.54) is 18.2 Å². The predicted octanol–water partition coefficient (Wildman–Crippen LogP) is 3.68. The molecule has 2 aromatic carbocycles. The number of benzene rings is 2. The highest BCUT2D eigenvalue weighted by molar-refractivity contribution is 7.91. The Bertz CT molecular complexity index is 1140. The first kappa shape index (κ1) is 20.3. The molecule has 10 heteroatoms. The lowest BCUT2D eigenvalue weighted by atomic mass is 9.96. The molecule has 1 fully saturated rings. The van der Waals surface area contributed by atoms with Gasteiger partial charge in [-0.25, -0.2) is 8.42 Å². The Morgan fingerprint density at radius 3 is 2.47 bits per heavy atom. The zero-order valence-corrected chi connectivity index (χ0v) is 16.6. The van der Waals surface area contributed by atoms with E-state index in [1.54, 1.807) is 0 Å². The Morgan fingerprint density at radius 1 is 1.10 bits per heavy atom. The first-order valence-corrected chi connectivity index (χ1v) is 10.9. The molecule has 3 aromatic rings. The number of nitrogens with one attached hydrogen (secondary N) is 1. The van der Waals surface area contributed by atoms with Crippen LogP contribution >= 0.6 is 0 Å². The molecule has 1 aromatic heterocycles. The lowest BCUT2D eigenvalue weighted by molar-refractivity contribution is -0.120. The van der Waals surface area contributed by atoms with E-state index in [4.69, 9.17) is 4.42 Å². The van der Waals surface area contributed by atoms with Crippen LogP contribution in [0.4, 0.5) is 20.5 Å². The molecule has 1 amide bonds. The number of carbonyl (C=O) groups is 1. The number of nitrogens with zero attached hydrogens (tertiary/aromatic N) is 2. The molecule has 4 rings (SSSR count). The number of amides is 1. The van der Waals surface area contributed by atoms with Gasteiger partial charge < -0.3 is 14.6 Å². The first-order valence-electron chi connectivity index (χ1n) is 9.39. The van der Waals surface area contributed by atoms with Crippen LogP contribution < -0.4 is 10.2 Å². The Morgan fingerprint density at radius 2 is 1.77 bits per heavy atom. The lowest BCUT2D eigenvalue weighted by Crippen LogP contribution is -2.38. The fourth-order valence-corrected chi connectivity index (χ4v) is 4.36. The molecule has 0 bridgehead atoms. The molecule has 1 saturated heterocycles. The molecule has 158 valence electrons. The summed E-state index contributed by atoms with van der Waals surface area (Å²) in [6.07, 6.45) is 0.989. The Kier molecular flexibility index (Phi) is 5.42. The van der Waals surface area contributed by atoms with Crippen molar-refractivity contribution in [2.45, 2.75) is 23.5 Å². The molecule has 0 radical (unpaired) electrons. The third-order valence-electron chi connectivity index (χ3n) is 5.10. The van der Waals surface area contributed by atoms with Crippen molar-refractivity contribution in [3.8, 4) is 0 Å². The van der Waals surface area contributed by atoms with Gasteiger partial charge in [-0.3, -0.25) is 4.79 Å². The summed E-state index contributed by atoms with van der Waals surface area (Å²) < 4.78 is 55.3. The predicted molar refractivity (Wildman–Crippen MR) is 107 cm³/mol. The van der Waals surface area contributed by atoms with Crippen LogP contribution in [0.3, 0.4) is 0 Å². The van der Waals surface area contributed by atoms with Gasteiger partial charge in [0, 0.05) is 19.0 Å². The maximum atomic E-state index is 12.9. The molecule has 1 aliphatic rings. The number of hydrogen-bond donors (Lipinski definition) is 1. The zero-order valence-electron chi connectivity index (χ0n) is 15.8. The highest BCUT2D eigenvalue weighted by Crippen LogP contribution is 2.29. The van der Waals surface area contributed by atoms with Gasteiger partial charge in [0.2, 0.25) is 15.7 Å². The summed E-state index contributed by atoms with van der Waals surface area (Å²) in [6.45, 7) is 1.06. The molecule has 30 heavy (non-hydrogen) atoms. The number of halogens is 2. The van der Waals surface area contributed by atoms with E-state index in [-0.39, 0.29) is 11.6 Å². The van der Waals surface area contributed by atoms with Gasteiger partial charge in [-0.2, -0.15) is 13.8 Å². The van der Waals surface area contributed by atoms with Crippen LogP contribution in [-0.2, 0) is 14.6 Å². The second-order valence-corrected chi connectivity index (χ2v) is 8.90. The summed E-state index contributed by atoms with van der Waals surface area (Å²) in [7, 11) is -4.82. The average molecular weight is 435 g/mol. The van der Waals surface area contributed by atoms with E-state index in [0.717, 1.165) is 11.6 Å². The molecule has 0 saturated carbocycles. The number of fused-ring (bicyclic) bond motifs is 1. The minimum Gasteiger partial charge on any atom is -0.423 e. The highest BCUT2D eigenvalue weighted by Gasteiger charge is 2.31. The van der Waals surface area contributed by atoms with Crippen LogP contribution in [0, 0.1) is 5.92 Å². The zero-order chi connectivity index (χ0) is 21.3.